The van der Waals surface area contributed by atoms with Crippen molar-refractivity contribution >= 4 is 0 Å². The highest BCUT2D eigenvalue weighted by atomic mass is 19.4. The van der Waals surface area contributed by atoms with Gasteiger partial charge in [0, 0.05) is 48.6 Å². The van der Waals surface area contributed by atoms with Gasteiger partial charge in [-0.3, -0.25) is 4.68 Å². The van der Waals surface area contributed by atoms with Gasteiger partial charge in [0.05, 0.1) is 6.20 Å². The lowest BCUT2D eigenvalue weighted by Gasteiger charge is -2.28. The molecule has 0 aliphatic heterocycles. The number of aliphatic hydroxyl groups is 3. The molecule has 3 aromatic rings. The highest BCUT2D eigenvalue weighted by molar-refractivity contribution is 5.92. The molecule has 8 heteroatoms. The van der Waals surface area contributed by atoms with Gasteiger partial charge in [0.2, 0.25) is 5.60 Å². The average molecular weight is 418 g/mol. The minimum absolute atomic E-state index is 0.188. The van der Waals surface area contributed by atoms with Crippen LogP contribution in [0.5, 0.6) is 0 Å². The molecule has 2 aromatic carbocycles. The van der Waals surface area contributed by atoms with Crippen LogP contribution in [0.2, 0.25) is 0 Å². The van der Waals surface area contributed by atoms with E-state index in [1.807, 2.05) is 0 Å². The van der Waals surface area contributed by atoms with Gasteiger partial charge in [-0.15, -0.1) is 0 Å². The van der Waals surface area contributed by atoms with Crippen LogP contribution in [0, 0.1) is 12.8 Å². The molecule has 1 aliphatic rings. The van der Waals surface area contributed by atoms with Gasteiger partial charge in [0.15, 0.2) is 0 Å². The molecule has 0 saturated heterocycles. The van der Waals surface area contributed by atoms with Crippen molar-refractivity contribution < 1.29 is 28.5 Å². The zero-order chi connectivity index (χ0) is 21.7. The summed E-state index contributed by atoms with van der Waals surface area (Å²) in [7, 11) is 0. The van der Waals surface area contributed by atoms with Crippen molar-refractivity contribution in [2.45, 2.75) is 25.2 Å². The number of aliphatic hydroxyl groups excluding tert-OH is 2. The Bertz CT molecular complexity index is 1090. The van der Waals surface area contributed by atoms with Gasteiger partial charge in [-0.2, -0.15) is 18.3 Å². The van der Waals surface area contributed by atoms with E-state index in [0.29, 0.717) is 27.8 Å². The predicted molar refractivity (Wildman–Crippen MR) is 105 cm³/mol. The van der Waals surface area contributed by atoms with Crippen molar-refractivity contribution in [2.24, 2.45) is 5.92 Å². The van der Waals surface area contributed by atoms with Crippen LogP contribution in [-0.2, 0) is 12.1 Å². The van der Waals surface area contributed by atoms with E-state index in [0.717, 1.165) is 0 Å². The smallest absolute Gasteiger partial charge is 0.396 e. The summed E-state index contributed by atoms with van der Waals surface area (Å²) in [6, 6.07) is 9.16. The number of fused-ring (bicyclic) bond motifs is 3. The van der Waals surface area contributed by atoms with Crippen LogP contribution < -0.4 is 0 Å². The van der Waals surface area contributed by atoms with Crippen molar-refractivity contribution in [3.8, 4) is 22.3 Å². The number of hydrogen-bond donors (Lipinski definition) is 3. The molecule has 158 valence electrons. The number of nitrogens with zero attached hydrogens (tertiary/aromatic N) is 2. The summed E-state index contributed by atoms with van der Waals surface area (Å²) in [4.78, 5) is 0. The van der Waals surface area contributed by atoms with Crippen LogP contribution in [0.4, 0.5) is 13.2 Å². The quantitative estimate of drug-likeness (QED) is 0.595. The van der Waals surface area contributed by atoms with E-state index in [9.17, 15) is 28.5 Å². The summed E-state index contributed by atoms with van der Waals surface area (Å²) in [5.74, 6) is -0.392. The summed E-state index contributed by atoms with van der Waals surface area (Å²) < 4.78 is 43.8. The van der Waals surface area contributed by atoms with E-state index in [4.69, 9.17) is 0 Å². The molecule has 1 aliphatic carbocycles. The zero-order valence-corrected chi connectivity index (χ0v) is 16.2. The lowest BCUT2D eigenvalue weighted by Crippen LogP contribution is -2.41. The van der Waals surface area contributed by atoms with Crippen molar-refractivity contribution in [3.05, 3.63) is 65.5 Å². The fourth-order valence-electron chi connectivity index (χ4n) is 4.10. The molecule has 1 heterocycles. The zero-order valence-electron chi connectivity index (χ0n) is 16.2. The van der Waals surface area contributed by atoms with Crippen LogP contribution in [0.25, 0.3) is 22.3 Å². The molecule has 0 fully saturated rings. The predicted octanol–water partition coefficient (Wildman–Crippen LogP) is 3.24. The molecule has 4 rings (SSSR count). The Labute approximate surface area is 171 Å². The molecular weight excluding hydrogens is 397 g/mol. The van der Waals surface area contributed by atoms with Gasteiger partial charge in [-0.25, -0.2) is 0 Å². The number of rotatable bonds is 5. The number of alkyl halides is 3. The first kappa shape index (κ1) is 20.6. The van der Waals surface area contributed by atoms with Gasteiger partial charge in [-0.1, -0.05) is 42.0 Å². The van der Waals surface area contributed by atoms with Crippen LogP contribution in [0.3, 0.4) is 0 Å². The third kappa shape index (κ3) is 3.03. The Morgan fingerprint density at radius 1 is 1.07 bits per heavy atom. The molecule has 0 spiro atoms. The van der Waals surface area contributed by atoms with Gasteiger partial charge in [-0.05, 0) is 23.6 Å². The largest absolute Gasteiger partial charge is 0.425 e. The maximum atomic E-state index is 14.1. The van der Waals surface area contributed by atoms with E-state index in [1.165, 1.54) is 29.1 Å². The molecule has 0 bridgehead atoms. The molecule has 0 unspecified atom stereocenters. The van der Waals surface area contributed by atoms with Crippen molar-refractivity contribution in [2.75, 3.05) is 13.2 Å². The van der Waals surface area contributed by atoms with Crippen LogP contribution in [-0.4, -0.2) is 44.5 Å². The maximum absolute atomic E-state index is 14.1. The number of aryl methyl sites for hydroxylation is 1. The molecule has 0 radical (unpaired) electrons. The van der Waals surface area contributed by atoms with Crippen molar-refractivity contribution in [3.63, 3.8) is 0 Å². The Kier molecular flexibility index (Phi) is 4.96. The third-order valence-electron chi connectivity index (χ3n) is 5.57. The van der Waals surface area contributed by atoms with Gasteiger partial charge in [0.1, 0.15) is 0 Å². The minimum Gasteiger partial charge on any atom is -0.396 e. The molecule has 5 nitrogen and oxygen atoms in total. The van der Waals surface area contributed by atoms with Crippen molar-refractivity contribution in [1.29, 1.82) is 0 Å². The Balaban J connectivity index is 1.91. The average Bonchev–Trinajstić information content (AvgIpc) is 3.27. The van der Waals surface area contributed by atoms with Crippen molar-refractivity contribution in [1.82, 2.24) is 9.78 Å². The first-order valence-electron chi connectivity index (χ1n) is 9.49. The summed E-state index contributed by atoms with van der Waals surface area (Å²) in [6.45, 7) is 1.53. The number of hydrogen-bond acceptors (Lipinski definition) is 4. The summed E-state index contributed by atoms with van der Waals surface area (Å²) >= 11 is 0. The summed E-state index contributed by atoms with van der Waals surface area (Å²) in [6.07, 6.45) is -1.69. The lowest BCUT2D eigenvalue weighted by atomic mass is 9.88. The van der Waals surface area contributed by atoms with Gasteiger partial charge < -0.3 is 15.3 Å². The maximum Gasteiger partial charge on any atom is 0.425 e. The monoisotopic (exact) mass is 418 g/mol. The van der Waals surface area contributed by atoms with E-state index in [1.54, 1.807) is 31.3 Å². The molecule has 1 aromatic heterocycles. The first-order chi connectivity index (χ1) is 14.2. The minimum atomic E-state index is -4.89. The third-order valence-corrected chi connectivity index (χ3v) is 5.57. The first-order valence-corrected chi connectivity index (χ1v) is 9.49. The Morgan fingerprint density at radius 2 is 1.77 bits per heavy atom. The normalized spacial score (nSPS) is 18.0. The van der Waals surface area contributed by atoms with E-state index >= 15 is 0 Å². The second-order valence-corrected chi connectivity index (χ2v) is 7.67. The van der Waals surface area contributed by atoms with Crippen LogP contribution in [0.15, 0.2) is 48.8 Å². The molecule has 0 saturated carbocycles. The molecule has 3 N–H and O–H groups in total. The molecular formula is C22H21F3N2O3. The van der Waals surface area contributed by atoms with Gasteiger partial charge >= 0.3 is 6.18 Å². The highest BCUT2D eigenvalue weighted by Crippen LogP contribution is 2.57. The summed E-state index contributed by atoms with van der Waals surface area (Å²) in [5, 5.41) is 33.7. The standard InChI is InChI=1S/C22H21F3N2O3/c1-13-6-17(15-8-26-27(10-15)9-14(11-28)12-29)20-16-4-2-3-5-18(16)21(30,19(20)7-13)22(23,24)25/h2-8,10,14,28-30H,9,11-12H2,1H3/t21-/m1/s1. The second kappa shape index (κ2) is 7.23. The topological polar surface area (TPSA) is 78.5 Å². The second-order valence-electron chi connectivity index (χ2n) is 7.67. The summed E-state index contributed by atoms with van der Waals surface area (Å²) in [5.41, 5.74) is -1.10. The van der Waals surface area contributed by atoms with Gasteiger partial charge in [0.25, 0.3) is 0 Å². The Morgan fingerprint density at radius 3 is 2.43 bits per heavy atom. The van der Waals surface area contributed by atoms with E-state index in [-0.39, 0.29) is 30.9 Å². The van der Waals surface area contributed by atoms with Crippen LogP contribution >= 0.6 is 0 Å². The fourth-order valence-corrected chi connectivity index (χ4v) is 4.10. The highest BCUT2D eigenvalue weighted by Gasteiger charge is 2.61. The van der Waals surface area contributed by atoms with Crippen LogP contribution in [0.1, 0.15) is 16.7 Å². The fraction of sp³-hybridized carbons (Fsp3) is 0.318. The number of halogens is 3. The van der Waals surface area contributed by atoms with E-state index < -0.39 is 17.7 Å². The lowest BCUT2D eigenvalue weighted by molar-refractivity contribution is -0.246. The number of benzene rings is 2. The SMILES string of the molecule is Cc1cc(-c2cnn(CC(CO)CO)c2)c2c(c1)[C@@](O)(C(F)(F)F)c1ccccc1-2. The molecule has 0 amide bonds. The number of aromatic nitrogens is 2. The Hall–Kier alpha value is -2.68. The molecule has 30 heavy (non-hydrogen) atoms. The van der Waals surface area contributed by atoms with E-state index in [2.05, 4.69) is 5.10 Å². The molecule has 1 atom stereocenters.